The van der Waals surface area contributed by atoms with Crippen molar-refractivity contribution in [3.05, 3.63) is 59.2 Å². The third-order valence-corrected chi connectivity index (χ3v) is 3.27. The van der Waals surface area contributed by atoms with Crippen LogP contribution in [-0.4, -0.2) is 25.1 Å². The van der Waals surface area contributed by atoms with Crippen LogP contribution >= 0.6 is 0 Å². The summed E-state index contributed by atoms with van der Waals surface area (Å²) in [5.41, 5.74) is 2.24. The molecule has 2 rings (SSSR count). The number of ether oxygens (including phenoxy) is 2. The Balaban J connectivity index is 2.27. The third-order valence-electron chi connectivity index (χ3n) is 3.27. The summed E-state index contributed by atoms with van der Waals surface area (Å²) in [6.07, 6.45) is 3.13. The average Bonchev–Trinajstić information content (AvgIpc) is 2.53. The van der Waals surface area contributed by atoms with E-state index in [9.17, 15) is 9.90 Å². The summed E-state index contributed by atoms with van der Waals surface area (Å²) >= 11 is 0. The monoisotopic (exact) mass is 298 g/mol. The Kier molecular flexibility index (Phi) is 4.84. The Labute approximate surface area is 129 Å². The first-order chi connectivity index (χ1) is 10.5. The first kappa shape index (κ1) is 15.6. The van der Waals surface area contributed by atoms with Gasteiger partial charge in [-0.3, -0.25) is 4.79 Å². The van der Waals surface area contributed by atoms with Crippen molar-refractivity contribution in [2.24, 2.45) is 0 Å². The van der Waals surface area contributed by atoms with Crippen LogP contribution in [0.25, 0.3) is 6.08 Å². The number of benzene rings is 2. The van der Waals surface area contributed by atoms with Crippen molar-refractivity contribution in [2.45, 2.75) is 6.92 Å². The third kappa shape index (κ3) is 3.47. The second-order valence-corrected chi connectivity index (χ2v) is 4.83. The number of hydrogen-bond acceptors (Lipinski definition) is 4. The number of allylic oxidation sites excluding steroid dienone is 1. The van der Waals surface area contributed by atoms with Gasteiger partial charge in [0.1, 0.15) is 5.75 Å². The maximum absolute atomic E-state index is 12.2. The van der Waals surface area contributed by atoms with E-state index < -0.39 is 0 Å². The molecule has 1 N–H and O–H groups in total. The summed E-state index contributed by atoms with van der Waals surface area (Å²) < 4.78 is 10.2. The van der Waals surface area contributed by atoms with E-state index in [1.165, 1.54) is 32.4 Å². The van der Waals surface area contributed by atoms with E-state index in [0.29, 0.717) is 11.5 Å². The van der Waals surface area contributed by atoms with Crippen LogP contribution in [0.15, 0.2) is 42.5 Å². The number of hydrogen-bond donors (Lipinski definition) is 1. The van der Waals surface area contributed by atoms with E-state index >= 15 is 0 Å². The minimum atomic E-state index is -0.306. The number of carbonyl (C=O) groups excluding carboxylic acids is 1. The summed E-state index contributed by atoms with van der Waals surface area (Å²) in [5.74, 6) is 0.321. The first-order valence-electron chi connectivity index (χ1n) is 6.79. The average molecular weight is 298 g/mol. The smallest absolute Gasteiger partial charge is 0.189 e. The molecule has 0 saturated carbocycles. The molecule has 22 heavy (non-hydrogen) atoms. The van der Waals surface area contributed by atoms with Crippen LogP contribution in [-0.2, 0) is 0 Å². The van der Waals surface area contributed by atoms with E-state index in [-0.39, 0.29) is 17.1 Å². The molecule has 0 amide bonds. The van der Waals surface area contributed by atoms with Crippen LogP contribution in [0.4, 0.5) is 0 Å². The molecule has 0 aliphatic rings. The van der Waals surface area contributed by atoms with Gasteiger partial charge in [0, 0.05) is 6.07 Å². The van der Waals surface area contributed by atoms with Crippen molar-refractivity contribution < 1.29 is 19.4 Å². The standard InChI is InChI=1S/C18H18O4/c1-12-4-6-13(7-5-12)8-9-15(19)14-10-17(21-2)18(22-3)11-16(14)20/h4-11,20H,1-3H3. The molecule has 0 fully saturated rings. The molecule has 2 aromatic carbocycles. The molecule has 0 bridgehead atoms. The maximum Gasteiger partial charge on any atom is 0.189 e. The predicted molar refractivity (Wildman–Crippen MR) is 85.8 cm³/mol. The van der Waals surface area contributed by atoms with E-state index in [0.717, 1.165) is 11.1 Å². The predicted octanol–water partition coefficient (Wildman–Crippen LogP) is 3.61. The highest BCUT2D eigenvalue weighted by Gasteiger charge is 2.14. The van der Waals surface area contributed by atoms with Crippen LogP contribution in [0, 0.1) is 6.92 Å². The zero-order valence-corrected chi connectivity index (χ0v) is 12.8. The summed E-state index contributed by atoms with van der Waals surface area (Å²) in [7, 11) is 2.95. The Morgan fingerprint density at radius 2 is 1.64 bits per heavy atom. The molecule has 0 aromatic heterocycles. The van der Waals surface area contributed by atoms with Gasteiger partial charge in [0.2, 0.25) is 0 Å². The van der Waals surface area contributed by atoms with Crippen LogP contribution in [0.3, 0.4) is 0 Å². The van der Waals surface area contributed by atoms with Crippen LogP contribution < -0.4 is 9.47 Å². The van der Waals surface area contributed by atoms with E-state index in [1.807, 2.05) is 31.2 Å². The van der Waals surface area contributed by atoms with Gasteiger partial charge < -0.3 is 14.6 Å². The van der Waals surface area contributed by atoms with Crippen molar-refractivity contribution in [3.8, 4) is 17.2 Å². The van der Waals surface area contributed by atoms with Crippen molar-refractivity contribution in [3.63, 3.8) is 0 Å². The van der Waals surface area contributed by atoms with E-state index in [2.05, 4.69) is 0 Å². The first-order valence-corrected chi connectivity index (χ1v) is 6.79. The Morgan fingerprint density at radius 1 is 1.05 bits per heavy atom. The molecule has 2 aromatic rings. The van der Waals surface area contributed by atoms with Gasteiger partial charge in [-0.2, -0.15) is 0 Å². The number of carbonyl (C=O) groups is 1. The van der Waals surface area contributed by atoms with Crippen molar-refractivity contribution in [2.75, 3.05) is 14.2 Å². The Morgan fingerprint density at radius 3 is 2.23 bits per heavy atom. The quantitative estimate of drug-likeness (QED) is 0.676. The molecule has 0 aliphatic heterocycles. The molecule has 4 heteroatoms. The minimum Gasteiger partial charge on any atom is -0.507 e. The highest BCUT2D eigenvalue weighted by atomic mass is 16.5. The lowest BCUT2D eigenvalue weighted by Crippen LogP contribution is -1.98. The lowest BCUT2D eigenvalue weighted by Gasteiger charge is -2.10. The zero-order chi connectivity index (χ0) is 16.1. The molecule has 0 saturated heterocycles. The number of methoxy groups -OCH3 is 2. The van der Waals surface area contributed by atoms with Gasteiger partial charge in [-0.05, 0) is 24.6 Å². The van der Waals surface area contributed by atoms with Gasteiger partial charge in [-0.1, -0.05) is 35.9 Å². The fourth-order valence-corrected chi connectivity index (χ4v) is 2.00. The second kappa shape index (κ2) is 6.80. The SMILES string of the molecule is COc1cc(O)c(C(=O)C=Cc2ccc(C)cc2)cc1OC. The molecule has 0 spiro atoms. The number of rotatable bonds is 5. The Hall–Kier alpha value is -2.75. The normalized spacial score (nSPS) is 10.7. The van der Waals surface area contributed by atoms with Gasteiger partial charge in [0.05, 0.1) is 19.8 Å². The minimum absolute atomic E-state index is 0.142. The lowest BCUT2D eigenvalue weighted by molar-refractivity contribution is 0.104. The van der Waals surface area contributed by atoms with Crippen LogP contribution in [0.2, 0.25) is 0 Å². The number of phenolic OH excluding ortho intramolecular Hbond substituents is 1. The van der Waals surface area contributed by atoms with Crippen molar-refractivity contribution in [1.29, 1.82) is 0 Å². The highest BCUT2D eigenvalue weighted by Crippen LogP contribution is 2.34. The van der Waals surface area contributed by atoms with E-state index in [4.69, 9.17) is 9.47 Å². The molecular formula is C18H18O4. The van der Waals surface area contributed by atoms with Gasteiger partial charge in [-0.25, -0.2) is 0 Å². The molecule has 0 radical (unpaired) electrons. The molecule has 4 nitrogen and oxygen atoms in total. The Bertz CT molecular complexity index is 700. The number of phenols is 1. The largest absolute Gasteiger partial charge is 0.507 e. The highest BCUT2D eigenvalue weighted by molar-refractivity contribution is 6.09. The van der Waals surface area contributed by atoms with Crippen molar-refractivity contribution in [1.82, 2.24) is 0 Å². The molecule has 0 unspecified atom stereocenters. The second-order valence-electron chi connectivity index (χ2n) is 4.83. The molecule has 0 atom stereocenters. The maximum atomic E-state index is 12.2. The van der Waals surface area contributed by atoms with E-state index in [1.54, 1.807) is 6.08 Å². The van der Waals surface area contributed by atoms with Crippen LogP contribution in [0.1, 0.15) is 21.5 Å². The van der Waals surface area contributed by atoms with Gasteiger partial charge in [0.15, 0.2) is 17.3 Å². The summed E-state index contributed by atoms with van der Waals surface area (Å²) in [4.78, 5) is 12.2. The van der Waals surface area contributed by atoms with Gasteiger partial charge >= 0.3 is 0 Å². The topological polar surface area (TPSA) is 55.8 Å². The number of ketones is 1. The molecule has 0 aliphatic carbocycles. The summed E-state index contributed by atoms with van der Waals surface area (Å²) in [6.45, 7) is 2.00. The number of aryl methyl sites for hydroxylation is 1. The van der Waals surface area contributed by atoms with Crippen LogP contribution in [0.5, 0.6) is 17.2 Å². The summed E-state index contributed by atoms with van der Waals surface area (Å²) in [5, 5.41) is 9.96. The van der Waals surface area contributed by atoms with Gasteiger partial charge in [0.25, 0.3) is 0 Å². The van der Waals surface area contributed by atoms with Gasteiger partial charge in [-0.15, -0.1) is 0 Å². The fraction of sp³-hybridized carbons (Fsp3) is 0.167. The molecule has 114 valence electrons. The van der Waals surface area contributed by atoms with Crippen molar-refractivity contribution >= 4 is 11.9 Å². The summed E-state index contributed by atoms with van der Waals surface area (Å²) in [6, 6.07) is 10.6. The number of aromatic hydroxyl groups is 1. The zero-order valence-electron chi connectivity index (χ0n) is 12.8. The molecular weight excluding hydrogens is 280 g/mol. The molecule has 0 heterocycles. The lowest BCUT2D eigenvalue weighted by atomic mass is 10.1. The fourth-order valence-electron chi connectivity index (χ4n) is 2.00.